The van der Waals surface area contributed by atoms with E-state index in [-0.39, 0.29) is 22.6 Å². The molecule has 0 aliphatic heterocycles. The second-order valence-electron chi connectivity index (χ2n) is 6.80. The summed E-state index contributed by atoms with van der Waals surface area (Å²) in [4.78, 5) is 25.2. The molecule has 4 rings (SSSR count). The van der Waals surface area contributed by atoms with Crippen molar-refractivity contribution in [1.29, 1.82) is 0 Å². The van der Waals surface area contributed by atoms with Crippen LogP contribution >= 0.6 is 23.2 Å². The van der Waals surface area contributed by atoms with E-state index in [2.05, 4.69) is 0 Å². The highest BCUT2D eigenvalue weighted by Gasteiger charge is 2.19. The number of esters is 1. The highest BCUT2D eigenvalue weighted by atomic mass is 35.5. The van der Waals surface area contributed by atoms with Crippen LogP contribution in [0.5, 0.6) is 11.5 Å². The van der Waals surface area contributed by atoms with Gasteiger partial charge in [0.2, 0.25) is 5.43 Å². The Balaban J connectivity index is 1.81. The maximum atomic E-state index is 14.1. The highest BCUT2D eigenvalue weighted by molar-refractivity contribution is 6.31. The van der Waals surface area contributed by atoms with E-state index in [1.54, 1.807) is 60.0 Å². The van der Waals surface area contributed by atoms with Gasteiger partial charge in [0.15, 0.2) is 0 Å². The number of ether oxygens (including phenoxy) is 2. The molecule has 0 aliphatic carbocycles. The van der Waals surface area contributed by atoms with E-state index in [0.717, 1.165) is 6.07 Å². The Bertz CT molecular complexity index is 1370. The van der Waals surface area contributed by atoms with Crippen molar-refractivity contribution in [2.45, 2.75) is 6.92 Å². The SMILES string of the molecule is CCOC(=O)c1cn(-c2ccc(Oc3ccc(Cl)cc3)cc2)c2cc(Cl)c(F)cc2c1=O. The van der Waals surface area contributed by atoms with Crippen LogP contribution < -0.4 is 10.2 Å². The maximum absolute atomic E-state index is 14.1. The van der Waals surface area contributed by atoms with Crippen LogP contribution in [0.2, 0.25) is 10.0 Å². The minimum absolute atomic E-state index is 0.0129. The van der Waals surface area contributed by atoms with Gasteiger partial charge in [-0.25, -0.2) is 9.18 Å². The first-order chi connectivity index (χ1) is 15.4. The molecule has 0 aliphatic rings. The Morgan fingerprint density at radius 2 is 1.62 bits per heavy atom. The Hall–Kier alpha value is -3.35. The van der Waals surface area contributed by atoms with Gasteiger partial charge in [0.05, 0.1) is 17.1 Å². The van der Waals surface area contributed by atoms with Gasteiger partial charge in [-0.15, -0.1) is 0 Å². The van der Waals surface area contributed by atoms with Crippen molar-refractivity contribution in [3.8, 4) is 17.2 Å². The van der Waals surface area contributed by atoms with Crippen LogP contribution in [0.1, 0.15) is 17.3 Å². The van der Waals surface area contributed by atoms with Crippen molar-refractivity contribution in [2.75, 3.05) is 6.61 Å². The monoisotopic (exact) mass is 471 g/mol. The molecule has 4 aromatic rings. The molecule has 0 N–H and O–H groups in total. The minimum Gasteiger partial charge on any atom is -0.462 e. The fourth-order valence-electron chi connectivity index (χ4n) is 3.20. The quantitative estimate of drug-likeness (QED) is 0.315. The molecular weight excluding hydrogens is 456 g/mol. The Morgan fingerprint density at radius 3 is 2.25 bits per heavy atom. The maximum Gasteiger partial charge on any atom is 0.343 e. The van der Waals surface area contributed by atoms with Crippen LogP contribution in [0.15, 0.2) is 71.7 Å². The summed E-state index contributed by atoms with van der Waals surface area (Å²) in [7, 11) is 0. The first-order valence-corrected chi connectivity index (χ1v) is 10.4. The molecule has 162 valence electrons. The number of aromatic nitrogens is 1. The standard InChI is InChI=1S/C24H16Cl2FNO4/c1-2-31-24(30)19-13-28(22-12-20(26)21(27)11-18(22)23(19)29)15-5-9-17(10-6-15)32-16-7-3-14(25)4-8-16/h3-13H,2H2,1H3. The number of carbonyl (C=O) groups excluding carboxylic acids is 1. The number of benzene rings is 3. The van der Waals surface area contributed by atoms with Crippen LogP contribution in [-0.2, 0) is 4.74 Å². The third-order valence-corrected chi connectivity index (χ3v) is 5.25. The lowest BCUT2D eigenvalue weighted by Crippen LogP contribution is -2.20. The highest BCUT2D eigenvalue weighted by Crippen LogP contribution is 2.27. The topological polar surface area (TPSA) is 57.5 Å². The fourth-order valence-corrected chi connectivity index (χ4v) is 3.49. The molecule has 8 heteroatoms. The zero-order valence-corrected chi connectivity index (χ0v) is 18.3. The number of rotatable bonds is 5. The Labute approximate surface area is 192 Å². The van der Waals surface area contributed by atoms with Gasteiger partial charge in [0.1, 0.15) is 22.9 Å². The fraction of sp³-hybridized carbons (Fsp3) is 0.0833. The summed E-state index contributed by atoms with van der Waals surface area (Å²) in [6.45, 7) is 1.73. The zero-order chi connectivity index (χ0) is 22.8. The van der Waals surface area contributed by atoms with Crippen LogP contribution in [0.4, 0.5) is 4.39 Å². The number of hydrogen-bond acceptors (Lipinski definition) is 4. The molecule has 1 aromatic heterocycles. The van der Waals surface area contributed by atoms with E-state index in [1.165, 1.54) is 12.3 Å². The summed E-state index contributed by atoms with van der Waals surface area (Å²) < 4.78 is 26.5. The summed E-state index contributed by atoms with van der Waals surface area (Å²) in [6.07, 6.45) is 1.37. The summed E-state index contributed by atoms with van der Waals surface area (Å²) >= 11 is 11.9. The molecule has 0 saturated carbocycles. The summed E-state index contributed by atoms with van der Waals surface area (Å²) in [5.41, 5.74) is 0.114. The first-order valence-electron chi connectivity index (χ1n) is 9.62. The number of fused-ring (bicyclic) bond motifs is 1. The van der Waals surface area contributed by atoms with Crippen molar-refractivity contribution in [1.82, 2.24) is 4.57 Å². The van der Waals surface area contributed by atoms with Gasteiger partial charge >= 0.3 is 5.97 Å². The molecule has 0 spiro atoms. The Kier molecular flexibility index (Phi) is 6.17. The molecule has 0 bridgehead atoms. The van der Waals surface area contributed by atoms with Crippen LogP contribution in [-0.4, -0.2) is 17.1 Å². The first kappa shape index (κ1) is 21.9. The second kappa shape index (κ2) is 9.02. The molecular formula is C24H16Cl2FNO4. The third kappa shape index (κ3) is 4.33. The molecule has 0 unspecified atom stereocenters. The molecule has 3 aromatic carbocycles. The predicted octanol–water partition coefficient (Wildman–Crippen LogP) is 6.41. The molecule has 0 atom stereocenters. The molecule has 0 fully saturated rings. The normalized spacial score (nSPS) is 10.9. The van der Waals surface area contributed by atoms with E-state index >= 15 is 0 Å². The van der Waals surface area contributed by atoms with Gasteiger partial charge in [-0.1, -0.05) is 23.2 Å². The van der Waals surface area contributed by atoms with E-state index < -0.39 is 17.2 Å². The van der Waals surface area contributed by atoms with E-state index in [0.29, 0.717) is 27.7 Å². The molecule has 0 saturated heterocycles. The van der Waals surface area contributed by atoms with Crippen LogP contribution in [0.25, 0.3) is 16.6 Å². The van der Waals surface area contributed by atoms with Gasteiger partial charge in [-0.3, -0.25) is 4.79 Å². The summed E-state index contributed by atoms with van der Waals surface area (Å²) in [5, 5.41) is 0.474. The van der Waals surface area contributed by atoms with E-state index in [4.69, 9.17) is 32.7 Å². The zero-order valence-electron chi connectivity index (χ0n) is 16.8. The van der Waals surface area contributed by atoms with Gasteiger partial charge in [0.25, 0.3) is 0 Å². The number of nitrogens with zero attached hydrogens (tertiary/aromatic N) is 1. The number of pyridine rings is 1. The van der Waals surface area contributed by atoms with E-state index in [1.807, 2.05) is 0 Å². The van der Waals surface area contributed by atoms with Gasteiger partial charge in [0, 0.05) is 22.3 Å². The van der Waals surface area contributed by atoms with Crippen LogP contribution in [0, 0.1) is 5.82 Å². The average Bonchev–Trinajstić information content (AvgIpc) is 2.78. The number of hydrogen-bond donors (Lipinski definition) is 0. The predicted molar refractivity (Wildman–Crippen MR) is 122 cm³/mol. The summed E-state index contributed by atoms with van der Waals surface area (Å²) in [6, 6.07) is 16.2. The lowest BCUT2D eigenvalue weighted by Gasteiger charge is -2.15. The molecule has 5 nitrogen and oxygen atoms in total. The molecule has 32 heavy (non-hydrogen) atoms. The molecule has 0 radical (unpaired) electrons. The lowest BCUT2D eigenvalue weighted by atomic mass is 10.1. The van der Waals surface area contributed by atoms with Gasteiger partial charge in [-0.05, 0) is 67.6 Å². The third-order valence-electron chi connectivity index (χ3n) is 4.71. The van der Waals surface area contributed by atoms with Crippen molar-refractivity contribution in [3.63, 3.8) is 0 Å². The minimum atomic E-state index is -0.786. The summed E-state index contributed by atoms with van der Waals surface area (Å²) in [5.74, 6) is -0.360. The van der Waals surface area contributed by atoms with Gasteiger partial charge < -0.3 is 14.0 Å². The van der Waals surface area contributed by atoms with Crippen LogP contribution in [0.3, 0.4) is 0 Å². The van der Waals surface area contributed by atoms with E-state index in [9.17, 15) is 14.0 Å². The van der Waals surface area contributed by atoms with Gasteiger partial charge in [-0.2, -0.15) is 0 Å². The lowest BCUT2D eigenvalue weighted by molar-refractivity contribution is 0.0524. The van der Waals surface area contributed by atoms with Crippen molar-refractivity contribution < 1.29 is 18.7 Å². The van der Waals surface area contributed by atoms with Crippen molar-refractivity contribution in [2.24, 2.45) is 0 Å². The molecule has 1 heterocycles. The largest absolute Gasteiger partial charge is 0.462 e. The second-order valence-corrected chi connectivity index (χ2v) is 7.64. The Morgan fingerprint density at radius 1 is 1.00 bits per heavy atom. The van der Waals surface area contributed by atoms with Crippen molar-refractivity contribution in [3.05, 3.63) is 98.5 Å². The van der Waals surface area contributed by atoms with Crippen molar-refractivity contribution >= 4 is 40.1 Å². The average molecular weight is 472 g/mol. The number of carbonyl (C=O) groups is 1. The molecule has 0 amide bonds. The number of halogens is 3. The smallest absolute Gasteiger partial charge is 0.343 e.